The number of hydroxylamine groups is 1. The summed E-state index contributed by atoms with van der Waals surface area (Å²) in [5, 5.41) is 37.1. The Morgan fingerprint density at radius 3 is 1.79 bits per heavy atom. The zero-order chi connectivity index (χ0) is 67.1. The number of nitrogens with zero attached hydrogens (tertiary/aromatic N) is 1. The fraction of sp³-hybridized carbons (Fsp3) is 0.757. The molecule has 5 aliphatic carbocycles. The lowest BCUT2D eigenvalue weighted by Crippen LogP contribution is -2.66. The van der Waals surface area contributed by atoms with Crippen LogP contribution in [0.2, 0.25) is 0 Å². The van der Waals surface area contributed by atoms with E-state index in [9.17, 15) is 44.1 Å². The summed E-state index contributed by atoms with van der Waals surface area (Å²) in [6.07, 6.45) is 26.6. The Morgan fingerprint density at radius 1 is 0.641 bits per heavy atom. The monoisotopic (exact) mass is 1290 g/mol. The van der Waals surface area contributed by atoms with Crippen molar-refractivity contribution in [2.24, 2.45) is 29.6 Å². The normalized spacial score (nSPS) is 26.1. The SMILES string of the molecule is CC(=O)CCC(O)OC1CCC2C3Cc4ccc(O)c5c4C2(CCN3C)C1O5.CC(=O)NCCCCC(C)C(C)=O.CC(=O)NCCCCC(C)C(C)=O.CCCCCCCC.CCCCCCNOC(=O)Oc1ccc2c3c1OC1C(O)CCC4C(CCCC341)C2. The van der Waals surface area contributed by atoms with Crippen molar-refractivity contribution >= 4 is 35.3 Å². The minimum absolute atomic E-state index is 0.0135. The number of piperidine rings is 1. The van der Waals surface area contributed by atoms with Crippen LogP contribution >= 0.6 is 0 Å². The summed E-state index contributed by atoms with van der Waals surface area (Å²) in [4.78, 5) is 73.7. The number of aliphatic hydroxyl groups is 2. The Labute approximate surface area is 550 Å². The maximum absolute atomic E-state index is 12.2. The number of ether oxygens (including phenoxy) is 4. The van der Waals surface area contributed by atoms with Crippen LogP contribution in [0.15, 0.2) is 24.3 Å². The highest BCUT2D eigenvalue weighted by Crippen LogP contribution is 2.67. The van der Waals surface area contributed by atoms with Gasteiger partial charge in [-0.1, -0.05) is 124 Å². The van der Waals surface area contributed by atoms with Gasteiger partial charge in [-0.25, -0.2) is 4.79 Å². The number of carbonyl (C=O) groups excluding carboxylic acids is 6. The molecule has 10 rings (SSSR count). The number of likely N-dealkylation sites (tertiary alicyclic amines) is 1. The van der Waals surface area contributed by atoms with Crippen LogP contribution in [-0.4, -0.2) is 126 Å². The average Bonchev–Trinajstić information content (AvgIpc) is 1.48. The second kappa shape index (κ2) is 37.2. The van der Waals surface area contributed by atoms with E-state index < -0.39 is 18.5 Å². The van der Waals surface area contributed by atoms with Crippen LogP contribution in [0.4, 0.5) is 4.79 Å². The quantitative estimate of drug-likeness (QED) is 0.0146. The van der Waals surface area contributed by atoms with Crippen LogP contribution in [0.3, 0.4) is 0 Å². The third-order valence-corrected chi connectivity index (χ3v) is 21.2. The van der Waals surface area contributed by atoms with Crippen LogP contribution in [-0.2, 0) is 57.2 Å². The number of likely N-dealkylation sites (N-methyl/N-ethyl adjacent to an activating group) is 1. The molecule has 0 radical (unpaired) electrons. The van der Waals surface area contributed by atoms with Crippen molar-refractivity contribution in [3.63, 3.8) is 0 Å². The molecule has 92 heavy (non-hydrogen) atoms. The molecular formula is C74H118N4O14. The third kappa shape index (κ3) is 19.7. The number of amides is 2. The summed E-state index contributed by atoms with van der Waals surface area (Å²) in [5.74, 6) is 4.50. The fourth-order valence-corrected chi connectivity index (χ4v) is 16.1. The lowest BCUT2D eigenvalue weighted by Gasteiger charge is -2.59. The first-order valence-electron chi connectivity index (χ1n) is 35.7. The molecule has 1 saturated heterocycles. The number of aromatic hydroxyl groups is 1. The molecule has 2 spiro atoms. The molecule has 3 aliphatic heterocycles. The van der Waals surface area contributed by atoms with E-state index in [1.807, 2.05) is 19.9 Å². The first-order chi connectivity index (χ1) is 44.0. The number of ketones is 3. The number of rotatable bonds is 29. The largest absolute Gasteiger partial charge is 0.533 e. The van der Waals surface area contributed by atoms with E-state index in [1.165, 1.54) is 107 Å². The van der Waals surface area contributed by atoms with Crippen LogP contribution in [0.5, 0.6) is 23.0 Å². The highest BCUT2D eigenvalue weighted by Gasteiger charge is 2.67. The van der Waals surface area contributed by atoms with Gasteiger partial charge in [0.2, 0.25) is 11.8 Å². The molecule has 13 atom stereocenters. The van der Waals surface area contributed by atoms with Crippen molar-refractivity contribution in [3.8, 4) is 23.0 Å². The van der Waals surface area contributed by atoms with Crippen molar-refractivity contribution in [1.82, 2.24) is 21.0 Å². The number of unbranched alkanes of at least 4 members (excludes halogenated alkanes) is 10. The van der Waals surface area contributed by atoms with Gasteiger partial charge in [-0.2, -0.15) is 0 Å². The summed E-state index contributed by atoms with van der Waals surface area (Å²) in [6.45, 7) is 21.4. The minimum atomic E-state index is -0.965. The van der Waals surface area contributed by atoms with Gasteiger partial charge in [-0.3, -0.25) is 19.2 Å². The lowest BCUT2D eigenvalue weighted by atomic mass is 9.48. The Morgan fingerprint density at radius 2 is 1.20 bits per heavy atom. The summed E-state index contributed by atoms with van der Waals surface area (Å²) in [5.41, 5.74) is 7.40. The van der Waals surface area contributed by atoms with Crippen LogP contribution < -0.4 is 30.3 Å². The Kier molecular flexibility index (Phi) is 30.7. The molecule has 8 aliphatic rings. The molecule has 2 amide bonds. The van der Waals surface area contributed by atoms with E-state index in [0.717, 1.165) is 122 Å². The van der Waals surface area contributed by atoms with Crippen LogP contribution in [0, 0.1) is 29.6 Å². The van der Waals surface area contributed by atoms with Crippen molar-refractivity contribution in [1.29, 1.82) is 0 Å². The van der Waals surface area contributed by atoms with Crippen molar-refractivity contribution in [3.05, 3.63) is 46.5 Å². The van der Waals surface area contributed by atoms with E-state index in [2.05, 4.69) is 61.0 Å². The number of benzene rings is 2. The molecule has 18 heteroatoms. The van der Waals surface area contributed by atoms with Gasteiger partial charge in [-0.15, -0.1) is 5.48 Å². The fourth-order valence-electron chi connectivity index (χ4n) is 16.1. The molecule has 3 heterocycles. The molecule has 2 aromatic rings. The predicted octanol–water partition coefficient (Wildman–Crippen LogP) is 12.9. The second-order valence-corrected chi connectivity index (χ2v) is 28.0. The van der Waals surface area contributed by atoms with Gasteiger partial charge >= 0.3 is 6.16 Å². The smallest absolute Gasteiger partial charge is 0.504 e. The Hall–Kier alpha value is -5.14. The maximum atomic E-state index is 12.2. The number of aliphatic hydroxyl groups excluding tert-OH is 2. The highest BCUT2D eigenvalue weighted by atomic mass is 16.8. The molecule has 2 aromatic carbocycles. The predicted molar refractivity (Wildman–Crippen MR) is 358 cm³/mol. The number of Topliss-reactive ketones (excluding diaryl/α,β-unsaturated/α-hetero) is 3. The summed E-state index contributed by atoms with van der Waals surface area (Å²) in [6, 6.07) is 8.19. The molecule has 0 aromatic heterocycles. The molecule has 18 nitrogen and oxygen atoms in total. The molecule has 3 saturated carbocycles. The Balaban J connectivity index is 0.000000199. The number of nitrogens with one attached hydrogen (secondary N) is 3. The number of phenols is 1. The topological polar surface area (TPSA) is 249 Å². The summed E-state index contributed by atoms with van der Waals surface area (Å²) >= 11 is 0. The van der Waals surface area contributed by atoms with Gasteiger partial charge in [0.05, 0.1) is 12.2 Å². The molecule has 4 bridgehead atoms. The van der Waals surface area contributed by atoms with E-state index in [4.69, 9.17) is 23.8 Å². The molecule has 518 valence electrons. The first kappa shape index (κ1) is 75.9. The number of hydrogen-bond acceptors (Lipinski definition) is 16. The summed E-state index contributed by atoms with van der Waals surface area (Å²) < 4.78 is 24.4. The van der Waals surface area contributed by atoms with E-state index >= 15 is 0 Å². The van der Waals surface area contributed by atoms with E-state index in [1.54, 1.807) is 19.9 Å². The van der Waals surface area contributed by atoms with E-state index in [-0.39, 0.29) is 75.9 Å². The van der Waals surface area contributed by atoms with Gasteiger partial charge < -0.3 is 59.4 Å². The van der Waals surface area contributed by atoms with Crippen LogP contribution in [0.1, 0.15) is 258 Å². The number of carbonyl (C=O) groups is 6. The number of phenolic OH excluding ortho intramolecular Hbond substituents is 1. The zero-order valence-corrected chi connectivity index (χ0v) is 58.1. The zero-order valence-electron chi connectivity index (χ0n) is 58.1. The molecular weight excluding hydrogens is 1170 g/mol. The van der Waals surface area contributed by atoms with Gasteiger partial charge in [-0.05, 0) is 165 Å². The maximum Gasteiger partial charge on any atom is 0.533 e. The van der Waals surface area contributed by atoms with Crippen molar-refractivity contribution in [2.75, 3.05) is 33.2 Å². The van der Waals surface area contributed by atoms with Gasteiger partial charge in [0.25, 0.3) is 0 Å². The van der Waals surface area contributed by atoms with Gasteiger partial charge in [0.15, 0.2) is 29.3 Å². The third-order valence-electron chi connectivity index (χ3n) is 21.2. The van der Waals surface area contributed by atoms with E-state index in [0.29, 0.717) is 60.4 Å². The number of hydrogen-bond donors (Lipinski definition) is 6. The van der Waals surface area contributed by atoms with Gasteiger partial charge in [0.1, 0.15) is 29.6 Å². The molecule has 6 N–H and O–H groups in total. The van der Waals surface area contributed by atoms with Crippen LogP contribution in [0.25, 0.3) is 0 Å². The Bertz CT molecular complexity index is 2660. The van der Waals surface area contributed by atoms with Gasteiger partial charge in [0, 0.05) is 86.2 Å². The summed E-state index contributed by atoms with van der Waals surface area (Å²) in [7, 11) is 2.21. The molecule has 4 fully saturated rings. The standard InChI is InChI=1S/C24H33NO5.C22H29NO5.2C10H19NO2.C8H18/c1-2-3-4-5-13-25-30-23(27)28-19-11-8-16-14-15-7-6-12-24-17(15)9-10-18(26)22(24)29-21(19)20(16)24;1-12(24)3-8-18(26)27-17-7-5-14-15-11-13-4-6-16(25)20-19(13)22(14,21(17)28-20)9-10-23(15)2;2*1-8(9(2)12)6-4-5-7-11-10(3)13;1-3-5-7-8-6-4-2/h8,11,15,17-18,22,25-26H,2-7,9-10,12-14H2,1H3;4,6,14-15,17-18,21,25-26H,3,5,7-11H2,1-2H3;2*8H,4-7H2,1-3H3,(H,11,13);3-8H2,1-2H3. The second-order valence-electron chi connectivity index (χ2n) is 28.0. The highest BCUT2D eigenvalue weighted by molar-refractivity contribution is 5.78. The molecule has 13 unspecified atom stereocenters. The van der Waals surface area contributed by atoms with Crippen molar-refractivity contribution in [2.45, 2.75) is 297 Å². The van der Waals surface area contributed by atoms with Crippen molar-refractivity contribution < 1.29 is 67.9 Å². The lowest BCUT2D eigenvalue weighted by molar-refractivity contribution is -0.196. The minimum Gasteiger partial charge on any atom is -0.504 e. The first-order valence-corrected chi connectivity index (χ1v) is 35.7. The average molecular weight is 1290 g/mol.